The molecule has 0 saturated heterocycles. The van der Waals surface area contributed by atoms with Crippen molar-refractivity contribution in [3.05, 3.63) is 23.8 Å². The molecule has 1 heterocycles. The Morgan fingerprint density at radius 1 is 0.583 bits per heavy atom. The highest BCUT2D eigenvalue weighted by molar-refractivity contribution is 5.96. The summed E-state index contributed by atoms with van der Waals surface area (Å²) in [5.41, 5.74) is 0.680. The highest BCUT2D eigenvalue weighted by Crippen LogP contribution is 2.29. The molecular weight excluding hydrogens is 456 g/mol. The molecule has 0 saturated carbocycles. The highest BCUT2D eigenvalue weighted by Gasteiger charge is 2.12. The van der Waals surface area contributed by atoms with Crippen molar-refractivity contribution in [2.24, 2.45) is 0 Å². The maximum atomic E-state index is 12.8. The summed E-state index contributed by atoms with van der Waals surface area (Å²) in [4.78, 5) is 12.8. The van der Waals surface area contributed by atoms with E-state index < -0.39 is 0 Å². The van der Waals surface area contributed by atoms with Crippen molar-refractivity contribution in [3.63, 3.8) is 0 Å². The number of carbonyl (C=O) groups is 1. The summed E-state index contributed by atoms with van der Waals surface area (Å²) in [7, 11) is 0. The van der Waals surface area contributed by atoms with E-state index >= 15 is 0 Å². The van der Waals surface area contributed by atoms with Gasteiger partial charge in [0.25, 0.3) is 0 Å². The summed E-state index contributed by atoms with van der Waals surface area (Å²) >= 11 is 0. The summed E-state index contributed by atoms with van der Waals surface area (Å²) in [5.74, 6) is 1.38. The van der Waals surface area contributed by atoms with Crippen molar-refractivity contribution in [1.82, 2.24) is 0 Å². The molecule has 1 aliphatic rings. The van der Waals surface area contributed by atoms with Crippen molar-refractivity contribution < 1.29 is 28.5 Å². The number of ketones is 1. The van der Waals surface area contributed by atoms with Crippen LogP contribution in [0.4, 0.5) is 0 Å². The van der Waals surface area contributed by atoms with Crippen LogP contribution in [0.25, 0.3) is 0 Å². The van der Waals surface area contributed by atoms with E-state index in [-0.39, 0.29) is 5.78 Å². The van der Waals surface area contributed by atoms with E-state index in [1.807, 2.05) is 18.2 Å². The van der Waals surface area contributed by atoms with Gasteiger partial charge in [0, 0.05) is 12.0 Å². The van der Waals surface area contributed by atoms with Crippen LogP contribution >= 0.6 is 0 Å². The summed E-state index contributed by atoms with van der Waals surface area (Å²) in [5, 5.41) is 0. The fourth-order valence-corrected chi connectivity index (χ4v) is 4.32. The van der Waals surface area contributed by atoms with Crippen LogP contribution in [0.1, 0.15) is 107 Å². The van der Waals surface area contributed by atoms with Gasteiger partial charge < -0.3 is 23.7 Å². The van der Waals surface area contributed by atoms with Gasteiger partial charge in [0.05, 0.1) is 39.6 Å². The van der Waals surface area contributed by atoms with Crippen molar-refractivity contribution in [3.8, 4) is 11.5 Å². The predicted molar refractivity (Wildman–Crippen MR) is 145 cm³/mol. The van der Waals surface area contributed by atoms with E-state index in [9.17, 15) is 4.79 Å². The summed E-state index contributed by atoms with van der Waals surface area (Å²) < 4.78 is 28.2. The van der Waals surface area contributed by atoms with Crippen LogP contribution in [0.15, 0.2) is 18.2 Å². The third kappa shape index (κ3) is 14.8. The molecule has 0 aromatic heterocycles. The Morgan fingerprint density at radius 3 is 1.56 bits per heavy atom. The van der Waals surface area contributed by atoms with Gasteiger partial charge in [-0.3, -0.25) is 4.79 Å². The minimum atomic E-state index is 0.164. The summed E-state index contributed by atoms with van der Waals surface area (Å²) in [6.45, 7) is 6.13. The van der Waals surface area contributed by atoms with Gasteiger partial charge in [-0.2, -0.15) is 0 Å². The molecule has 0 bridgehead atoms. The van der Waals surface area contributed by atoms with Crippen LogP contribution in [-0.4, -0.2) is 58.6 Å². The molecule has 0 spiro atoms. The standard InChI is InChI=1S/C30H50O6/c1-2-3-4-5-6-7-8-9-10-11-12-13-14-15-28(31)27-16-17-29-30(26-27)36-25-23-34-21-19-32-18-20-33-22-24-35-29/h16-17,26H,2-15,18-25H2,1H3. The van der Waals surface area contributed by atoms with Crippen LogP contribution in [0, 0.1) is 0 Å². The van der Waals surface area contributed by atoms with Gasteiger partial charge in [0.15, 0.2) is 17.3 Å². The Kier molecular flexibility index (Phi) is 18.2. The maximum absolute atomic E-state index is 12.8. The van der Waals surface area contributed by atoms with Crippen molar-refractivity contribution >= 4 is 5.78 Å². The molecule has 1 aromatic rings. The number of unbranched alkanes of at least 4 members (excludes halogenated alkanes) is 12. The molecule has 0 N–H and O–H groups in total. The lowest BCUT2D eigenvalue weighted by molar-refractivity contribution is 0.00708. The van der Waals surface area contributed by atoms with Crippen LogP contribution in [0.5, 0.6) is 11.5 Å². The fraction of sp³-hybridized carbons (Fsp3) is 0.767. The normalized spacial score (nSPS) is 15.7. The van der Waals surface area contributed by atoms with Crippen LogP contribution in [0.3, 0.4) is 0 Å². The van der Waals surface area contributed by atoms with E-state index in [4.69, 9.17) is 23.7 Å². The predicted octanol–water partition coefficient (Wildman–Crippen LogP) is 7.17. The number of ether oxygens (including phenoxy) is 5. The van der Waals surface area contributed by atoms with Gasteiger partial charge in [-0.15, -0.1) is 0 Å². The molecule has 0 amide bonds. The Balaban J connectivity index is 1.64. The van der Waals surface area contributed by atoms with Crippen LogP contribution in [-0.2, 0) is 14.2 Å². The quantitative estimate of drug-likeness (QED) is 0.186. The highest BCUT2D eigenvalue weighted by atomic mass is 16.6. The molecule has 36 heavy (non-hydrogen) atoms. The van der Waals surface area contributed by atoms with Crippen molar-refractivity contribution in [2.45, 2.75) is 96.8 Å². The number of benzene rings is 1. The van der Waals surface area contributed by atoms with E-state index in [2.05, 4.69) is 6.92 Å². The molecule has 6 nitrogen and oxygen atoms in total. The van der Waals surface area contributed by atoms with E-state index in [0.717, 1.165) is 12.8 Å². The average Bonchev–Trinajstić information content (AvgIpc) is 2.90. The van der Waals surface area contributed by atoms with Crippen LogP contribution < -0.4 is 9.47 Å². The number of hydrogen-bond donors (Lipinski definition) is 0. The number of hydrogen-bond acceptors (Lipinski definition) is 6. The molecule has 0 atom stereocenters. The third-order valence-corrected chi connectivity index (χ3v) is 6.49. The molecule has 0 fully saturated rings. The summed E-state index contributed by atoms with van der Waals surface area (Å²) in [6, 6.07) is 5.47. The molecule has 1 aliphatic heterocycles. The van der Waals surface area contributed by atoms with Gasteiger partial charge in [-0.25, -0.2) is 0 Å². The van der Waals surface area contributed by atoms with Gasteiger partial charge in [-0.1, -0.05) is 84.0 Å². The van der Waals surface area contributed by atoms with E-state index in [1.54, 1.807) is 0 Å². The van der Waals surface area contributed by atoms with E-state index in [1.165, 1.54) is 70.6 Å². The number of rotatable bonds is 15. The molecule has 206 valence electrons. The van der Waals surface area contributed by atoms with Crippen molar-refractivity contribution in [2.75, 3.05) is 52.9 Å². The Labute approximate surface area is 219 Å². The number of Topliss-reactive ketones (excluding diaryl/α,β-unsaturated/α-hetero) is 1. The lowest BCUT2D eigenvalue weighted by Gasteiger charge is -2.14. The zero-order valence-electron chi connectivity index (χ0n) is 22.7. The Morgan fingerprint density at radius 2 is 1.03 bits per heavy atom. The van der Waals surface area contributed by atoms with Crippen molar-refractivity contribution in [1.29, 1.82) is 0 Å². The zero-order chi connectivity index (χ0) is 25.5. The minimum absolute atomic E-state index is 0.164. The SMILES string of the molecule is CCCCCCCCCCCCCCCC(=O)c1ccc2c(c1)OCCOCCOCCOCCO2. The molecule has 2 rings (SSSR count). The van der Waals surface area contributed by atoms with Gasteiger partial charge in [0.1, 0.15) is 13.2 Å². The first-order valence-corrected chi connectivity index (χ1v) is 14.5. The molecule has 1 aromatic carbocycles. The second-order valence-corrected chi connectivity index (χ2v) is 9.61. The Hall–Kier alpha value is -1.63. The molecule has 6 heteroatoms. The summed E-state index contributed by atoms with van der Waals surface area (Å²) in [6.07, 6.45) is 17.5. The topological polar surface area (TPSA) is 63.2 Å². The monoisotopic (exact) mass is 506 g/mol. The van der Waals surface area contributed by atoms with Gasteiger partial charge in [0.2, 0.25) is 0 Å². The first kappa shape index (κ1) is 30.6. The molecule has 0 unspecified atom stereocenters. The zero-order valence-corrected chi connectivity index (χ0v) is 22.7. The molecule has 0 aliphatic carbocycles. The second-order valence-electron chi connectivity index (χ2n) is 9.61. The number of fused-ring (bicyclic) bond motifs is 1. The number of carbonyl (C=O) groups excluding carboxylic acids is 1. The fourth-order valence-electron chi connectivity index (χ4n) is 4.32. The lowest BCUT2D eigenvalue weighted by Crippen LogP contribution is -2.13. The maximum Gasteiger partial charge on any atom is 0.163 e. The molecule has 0 radical (unpaired) electrons. The minimum Gasteiger partial charge on any atom is -0.487 e. The molecular formula is C30H50O6. The van der Waals surface area contributed by atoms with E-state index in [0.29, 0.717) is 76.3 Å². The first-order chi connectivity index (χ1) is 17.8. The van der Waals surface area contributed by atoms with Gasteiger partial charge >= 0.3 is 0 Å². The lowest BCUT2D eigenvalue weighted by atomic mass is 10.0. The average molecular weight is 507 g/mol. The van der Waals surface area contributed by atoms with Gasteiger partial charge in [-0.05, 0) is 24.6 Å². The Bertz CT molecular complexity index is 677. The second kappa shape index (κ2) is 21.5. The largest absolute Gasteiger partial charge is 0.487 e. The third-order valence-electron chi connectivity index (χ3n) is 6.49. The smallest absolute Gasteiger partial charge is 0.163 e. The first-order valence-electron chi connectivity index (χ1n) is 14.5. The van der Waals surface area contributed by atoms with Crippen LogP contribution in [0.2, 0.25) is 0 Å².